The molecule has 1 aromatic carbocycles. The largest absolute Gasteiger partial charge is 0.365 e. The molecular weight excluding hydrogens is 331 g/mol. The van der Waals surface area contributed by atoms with Crippen LogP contribution in [0.3, 0.4) is 0 Å². The van der Waals surface area contributed by atoms with Gasteiger partial charge in [0.2, 0.25) is 0 Å². The third-order valence-corrected chi connectivity index (χ3v) is 3.90. The van der Waals surface area contributed by atoms with Gasteiger partial charge >= 0.3 is 0 Å². The standard InChI is InChI=1S/C19H21FN6/c1-19(2,3)18-24-17(25-26-18)15(21)13-8-6-10-22-16(13)23-11-12-7-4-5-9-14(12)20/h4-10,21H,11H2,1-3H3,(H,22,23)(H,24,25,26). The van der Waals surface area contributed by atoms with Crippen molar-refractivity contribution in [2.45, 2.75) is 32.7 Å². The molecule has 0 aliphatic heterocycles. The normalized spacial score (nSPS) is 11.4. The van der Waals surface area contributed by atoms with E-state index in [4.69, 9.17) is 5.41 Å². The number of H-pyrrole nitrogens is 1. The summed E-state index contributed by atoms with van der Waals surface area (Å²) in [6.45, 7) is 6.33. The first-order chi connectivity index (χ1) is 12.4. The van der Waals surface area contributed by atoms with E-state index in [1.807, 2.05) is 20.8 Å². The van der Waals surface area contributed by atoms with Gasteiger partial charge in [-0.3, -0.25) is 10.5 Å². The number of hydrogen-bond donors (Lipinski definition) is 3. The van der Waals surface area contributed by atoms with E-state index in [-0.39, 0.29) is 23.5 Å². The van der Waals surface area contributed by atoms with Gasteiger partial charge in [-0.1, -0.05) is 39.0 Å². The lowest BCUT2D eigenvalue weighted by Crippen LogP contribution is -2.14. The molecule has 0 amide bonds. The fraction of sp³-hybridized carbons (Fsp3) is 0.263. The summed E-state index contributed by atoms with van der Waals surface area (Å²) in [7, 11) is 0. The number of rotatable bonds is 5. The summed E-state index contributed by atoms with van der Waals surface area (Å²) < 4.78 is 13.8. The van der Waals surface area contributed by atoms with Crippen molar-refractivity contribution in [1.82, 2.24) is 20.2 Å². The average molecular weight is 352 g/mol. The third kappa shape index (κ3) is 3.77. The Labute approximate surface area is 151 Å². The molecule has 0 saturated carbocycles. The summed E-state index contributed by atoms with van der Waals surface area (Å²) in [6, 6.07) is 10.1. The van der Waals surface area contributed by atoms with Crippen molar-refractivity contribution in [3.8, 4) is 0 Å². The van der Waals surface area contributed by atoms with E-state index in [1.165, 1.54) is 6.07 Å². The summed E-state index contributed by atoms with van der Waals surface area (Å²) >= 11 is 0. The average Bonchev–Trinajstić information content (AvgIpc) is 3.11. The molecule has 3 N–H and O–H groups in total. The van der Waals surface area contributed by atoms with Crippen LogP contribution in [0, 0.1) is 11.2 Å². The molecule has 0 atom stereocenters. The zero-order valence-electron chi connectivity index (χ0n) is 15.0. The van der Waals surface area contributed by atoms with Crippen molar-refractivity contribution >= 4 is 11.5 Å². The van der Waals surface area contributed by atoms with Crippen LogP contribution in [0.4, 0.5) is 10.2 Å². The van der Waals surface area contributed by atoms with Gasteiger partial charge in [-0.05, 0) is 18.2 Å². The summed E-state index contributed by atoms with van der Waals surface area (Å²) in [5.41, 5.74) is 1.06. The highest BCUT2D eigenvalue weighted by molar-refractivity contribution is 6.11. The lowest BCUT2D eigenvalue weighted by atomic mass is 9.96. The Hall–Kier alpha value is -3.09. The lowest BCUT2D eigenvalue weighted by molar-refractivity contribution is 0.548. The first-order valence-corrected chi connectivity index (χ1v) is 8.31. The molecule has 2 heterocycles. The molecule has 134 valence electrons. The Morgan fingerprint density at radius 3 is 2.65 bits per heavy atom. The number of benzene rings is 1. The zero-order chi connectivity index (χ0) is 18.7. The van der Waals surface area contributed by atoms with Crippen LogP contribution >= 0.6 is 0 Å². The highest BCUT2D eigenvalue weighted by Gasteiger charge is 2.21. The quantitative estimate of drug-likeness (QED) is 0.611. The maximum atomic E-state index is 13.8. The van der Waals surface area contributed by atoms with Crippen LogP contribution in [0.5, 0.6) is 0 Å². The molecule has 0 saturated heterocycles. The van der Waals surface area contributed by atoms with Gasteiger partial charge in [-0.2, -0.15) is 5.10 Å². The van der Waals surface area contributed by atoms with Gasteiger partial charge in [0.15, 0.2) is 5.82 Å². The third-order valence-electron chi connectivity index (χ3n) is 3.90. The van der Waals surface area contributed by atoms with Crippen LogP contribution < -0.4 is 5.32 Å². The van der Waals surface area contributed by atoms with Gasteiger partial charge in [0, 0.05) is 29.3 Å². The zero-order valence-corrected chi connectivity index (χ0v) is 15.0. The highest BCUT2D eigenvalue weighted by atomic mass is 19.1. The molecule has 3 rings (SSSR count). The first-order valence-electron chi connectivity index (χ1n) is 8.31. The Morgan fingerprint density at radius 1 is 1.19 bits per heavy atom. The van der Waals surface area contributed by atoms with Gasteiger partial charge in [-0.25, -0.2) is 14.4 Å². The summed E-state index contributed by atoms with van der Waals surface area (Å²) in [5, 5.41) is 18.6. The van der Waals surface area contributed by atoms with Crippen LogP contribution in [0.2, 0.25) is 0 Å². The second kappa shape index (κ2) is 7.03. The second-order valence-electron chi connectivity index (χ2n) is 6.98. The Balaban J connectivity index is 1.84. The maximum absolute atomic E-state index is 13.8. The van der Waals surface area contributed by atoms with E-state index >= 15 is 0 Å². The SMILES string of the molecule is CC(C)(C)c1nc(C(=N)c2cccnc2NCc2ccccc2F)n[nH]1. The number of anilines is 1. The van der Waals surface area contributed by atoms with Crippen molar-refractivity contribution in [2.75, 3.05) is 5.32 Å². The number of nitrogens with one attached hydrogen (secondary N) is 3. The Kier molecular flexibility index (Phi) is 4.79. The van der Waals surface area contributed by atoms with Crippen LogP contribution in [-0.2, 0) is 12.0 Å². The molecule has 0 aliphatic carbocycles. The predicted octanol–water partition coefficient (Wildman–Crippen LogP) is 3.66. The molecule has 0 fully saturated rings. The minimum atomic E-state index is -0.281. The molecule has 0 aliphatic rings. The van der Waals surface area contributed by atoms with Gasteiger partial charge in [-0.15, -0.1) is 0 Å². The monoisotopic (exact) mass is 352 g/mol. The molecular formula is C19H21FN6. The molecule has 0 bridgehead atoms. The number of aromatic nitrogens is 4. The minimum absolute atomic E-state index is 0.154. The van der Waals surface area contributed by atoms with Crippen LogP contribution in [0.1, 0.15) is 43.5 Å². The number of halogens is 1. The van der Waals surface area contributed by atoms with Crippen LogP contribution in [0.25, 0.3) is 0 Å². The van der Waals surface area contributed by atoms with E-state index in [1.54, 1.807) is 36.5 Å². The smallest absolute Gasteiger partial charge is 0.199 e. The summed E-state index contributed by atoms with van der Waals surface area (Å²) in [4.78, 5) is 8.71. The Morgan fingerprint density at radius 2 is 1.96 bits per heavy atom. The molecule has 6 nitrogen and oxygen atoms in total. The van der Waals surface area contributed by atoms with Gasteiger partial charge < -0.3 is 5.32 Å². The molecule has 0 spiro atoms. The number of hydrogen-bond acceptors (Lipinski definition) is 5. The Bertz CT molecular complexity index is 926. The van der Waals surface area contributed by atoms with E-state index in [9.17, 15) is 4.39 Å². The maximum Gasteiger partial charge on any atom is 0.199 e. The predicted molar refractivity (Wildman–Crippen MR) is 99.0 cm³/mol. The van der Waals surface area contributed by atoms with Crippen LogP contribution in [0.15, 0.2) is 42.6 Å². The van der Waals surface area contributed by atoms with E-state index in [0.29, 0.717) is 28.6 Å². The first kappa shape index (κ1) is 17.7. The fourth-order valence-corrected chi connectivity index (χ4v) is 2.40. The van der Waals surface area contributed by atoms with Crippen molar-refractivity contribution < 1.29 is 4.39 Å². The van der Waals surface area contributed by atoms with Crippen molar-refractivity contribution in [1.29, 1.82) is 5.41 Å². The summed E-state index contributed by atoms with van der Waals surface area (Å²) in [5.74, 6) is 1.22. The number of nitrogens with zero attached hydrogens (tertiary/aromatic N) is 3. The lowest BCUT2D eigenvalue weighted by Gasteiger charge is -2.13. The highest BCUT2D eigenvalue weighted by Crippen LogP contribution is 2.20. The minimum Gasteiger partial charge on any atom is -0.365 e. The molecule has 26 heavy (non-hydrogen) atoms. The topological polar surface area (TPSA) is 90.3 Å². The van der Waals surface area contributed by atoms with Gasteiger partial charge in [0.25, 0.3) is 0 Å². The number of pyridine rings is 1. The molecule has 0 radical (unpaired) electrons. The second-order valence-corrected chi connectivity index (χ2v) is 6.98. The van der Waals surface area contributed by atoms with Gasteiger partial charge in [0.05, 0.1) is 0 Å². The molecule has 2 aromatic heterocycles. The van der Waals surface area contributed by atoms with E-state index < -0.39 is 0 Å². The summed E-state index contributed by atoms with van der Waals surface area (Å²) in [6.07, 6.45) is 1.62. The fourth-order valence-electron chi connectivity index (χ4n) is 2.40. The van der Waals surface area contributed by atoms with Crippen molar-refractivity contribution in [3.63, 3.8) is 0 Å². The van der Waals surface area contributed by atoms with Crippen molar-refractivity contribution in [3.05, 3.63) is 71.2 Å². The molecule has 3 aromatic rings. The van der Waals surface area contributed by atoms with Crippen LogP contribution in [-0.4, -0.2) is 25.9 Å². The van der Waals surface area contributed by atoms with E-state index in [2.05, 4.69) is 25.5 Å². The van der Waals surface area contributed by atoms with E-state index in [0.717, 1.165) is 0 Å². The molecule has 7 heteroatoms. The molecule has 0 unspecified atom stereocenters. The number of aromatic amines is 1. The van der Waals surface area contributed by atoms with Crippen molar-refractivity contribution in [2.24, 2.45) is 0 Å². The van der Waals surface area contributed by atoms with Gasteiger partial charge in [0.1, 0.15) is 23.2 Å².